The quantitative estimate of drug-likeness (QED) is 0.0261. The molecule has 0 heterocycles. The molecule has 460 valence electrons. The van der Waals surface area contributed by atoms with E-state index in [-0.39, 0.29) is 31.1 Å². The molecule has 0 saturated carbocycles. The van der Waals surface area contributed by atoms with E-state index in [2.05, 4.69) is 81.5 Å². The minimum absolute atomic E-state index is 0.0876. The van der Waals surface area contributed by atoms with Gasteiger partial charge in [0.2, 0.25) is 0 Å². The van der Waals surface area contributed by atoms with Gasteiger partial charge in [-0.15, -0.1) is 0 Å². The van der Waals surface area contributed by atoms with Crippen LogP contribution in [0.1, 0.15) is 367 Å². The van der Waals surface area contributed by atoms with Crippen molar-refractivity contribution in [2.45, 2.75) is 374 Å². The summed E-state index contributed by atoms with van der Waals surface area (Å²) >= 11 is 0. The zero-order chi connectivity index (χ0) is 57.1. The van der Waals surface area contributed by atoms with Gasteiger partial charge in [-0.1, -0.05) is 326 Å². The molecule has 0 radical (unpaired) electrons. The van der Waals surface area contributed by atoms with Gasteiger partial charge in [-0.3, -0.25) is 14.4 Å². The summed E-state index contributed by atoms with van der Waals surface area (Å²) in [5, 5.41) is 0. The van der Waals surface area contributed by atoms with Gasteiger partial charge in [-0.25, -0.2) is 0 Å². The summed E-state index contributed by atoms with van der Waals surface area (Å²) in [6.45, 7) is 6.54. The molecule has 0 N–H and O–H groups in total. The molecule has 0 aliphatic heterocycles. The van der Waals surface area contributed by atoms with E-state index < -0.39 is 6.10 Å². The maximum absolute atomic E-state index is 12.9. The number of unbranched alkanes of at least 4 members (excludes halogenated alkanes) is 43. The Morgan fingerprint density at radius 1 is 0.266 bits per heavy atom. The Morgan fingerprint density at radius 3 is 0.810 bits per heavy atom. The molecule has 0 aliphatic rings. The van der Waals surface area contributed by atoms with E-state index in [0.717, 1.165) is 96.3 Å². The van der Waals surface area contributed by atoms with Crippen LogP contribution in [0.2, 0.25) is 0 Å². The summed E-state index contributed by atoms with van der Waals surface area (Å²) in [4.78, 5) is 38.3. The van der Waals surface area contributed by atoms with E-state index in [4.69, 9.17) is 14.2 Å². The number of allylic oxidation sites excluding steroid dienone is 10. The number of rotatable bonds is 64. The van der Waals surface area contributed by atoms with Gasteiger partial charge in [0.05, 0.1) is 0 Å². The Morgan fingerprint density at radius 2 is 0.494 bits per heavy atom. The van der Waals surface area contributed by atoms with Crippen LogP contribution in [0, 0.1) is 0 Å². The fraction of sp³-hybridized carbons (Fsp3) is 0.822. The van der Waals surface area contributed by atoms with E-state index in [9.17, 15) is 14.4 Å². The Bertz CT molecular complexity index is 1410. The number of hydrogen-bond acceptors (Lipinski definition) is 6. The lowest BCUT2D eigenvalue weighted by Gasteiger charge is -2.18. The van der Waals surface area contributed by atoms with E-state index in [0.29, 0.717) is 19.3 Å². The van der Waals surface area contributed by atoms with Crippen LogP contribution in [-0.2, 0) is 28.6 Å². The molecule has 0 aromatic rings. The molecule has 79 heavy (non-hydrogen) atoms. The molecular weight excluding hydrogens is 973 g/mol. The van der Waals surface area contributed by atoms with Crippen LogP contribution in [0.5, 0.6) is 0 Å². The summed E-state index contributed by atoms with van der Waals surface area (Å²) < 4.78 is 16.9. The van der Waals surface area contributed by atoms with Crippen LogP contribution >= 0.6 is 0 Å². The SMILES string of the molecule is CC/C=C\C/C=C\C/C=C\C/C=C\CCCCC(=O)OCC(COC(=O)CCCCCCCCCCCCCCCCCCCCCCCCCCCCCCCC)OC(=O)CCCCCCC/C=C\CCCCCCCCC. The van der Waals surface area contributed by atoms with Crippen LogP contribution in [0.15, 0.2) is 60.8 Å². The Hall–Kier alpha value is -2.89. The van der Waals surface area contributed by atoms with Gasteiger partial charge >= 0.3 is 17.9 Å². The zero-order valence-corrected chi connectivity index (χ0v) is 52.9. The molecule has 0 aromatic carbocycles. The molecule has 0 fully saturated rings. The normalized spacial score (nSPS) is 12.4. The maximum atomic E-state index is 12.9. The summed E-state index contributed by atoms with van der Waals surface area (Å²) in [5.41, 5.74) is 0. The number of carbonyl (C=O) groups excluding carboxylic acids is 3. The predicted octanol–water partition coefficient (Wildman–Crippen LogP) is 23.9. The van der Waals surface area contributed by atoms with Crippen molar-refractivity contribution in [3.63, 3.8) is 0 Å². The van der Waals surface area contributed by atoms with Crippen LogP contribution in [0.25, 0.3) is 0 Å². The summed E-state index contributed by atoms with van der Waals surface area (Å²) in [6.07, 6.45) is 87.0. The molecule has 6 heteroatoms. The highest BCUT2D eigenvalue weighted by Gasteiger charge is 2.19. The Labute approximate surface area is 491 Å². The van der Waals surface area contributed by atoms with Crippen molar-refractivity contribution >= 4 is 17.9 Å². The monoisotopic (exact) mass is 1110 g/mol. The lowest BCUT2D eigenvalue weighted by Crippen LogP contribution is -2.30. The first-order chi connectivity index (χ1) is 39.0. The van der Waals surface area contributed by atoms with Crippen LogP contribution in [0.4, 0.5) is 0 Å². The summed E-state index contributed by atoms with van der Waals surface area (Å²) in [6, 6.07) is 0. The molecule has 0 saturated heterocycles. The van der Waals surface area contributed by atoms with Gasteiger partial charge in [-0.2, -0.15) is 0 Å². The number of esters is 3. The lowest BCUT2D eigenvalue weighted by atomic mass is 10.0. The first-order valence-corrected chi connectivity index (χ1v) is 34.8. The molecule has 0 bridgehead atoms. The molecule has 0 aromatic heterocycles. The van der Waals surface area contributed by atoms with Gasteiger partial charge in [0.25, 0.3) is 0 Å². The third-order valence-electron chi connectivity index (χ3n) is 15.5. The highest BCUT2D eigenvalue weighted by atomic mass is 16.6. The van der Waals surface area contributed by atoms with Crippen molar-refractivity contribution in [3.8, 4) is 0 Å². The van der Waals surface area contributed by atoms with E-state index in [1.54, 1.807) is 0 Å². The fourth-order valence-electron chi connectivity index (χ4n) is 10.3. The second-order valence-corrected chi connectivity index (χ2v) is 23.4. The van der Waals surface area contributed by atoms with Crippen molar-refractivity contribution < 1.29 is 28.6 Å². The zero-order valence-electron chi connectivity index (χ0n) is 52.9. The Balaban J connectivity index is 4.21. The average Bonchev–Trinajstić information content (AvgIpc) is 3.45. The second kappa shape index (κ2) is 67.6. The molecule has 0 aliphatic carbocycles. The van der Waals surface area contributed by atoms with Crippen molar-refractivity contribution in [2.75, 3.05) is 13.2 Å². The van der Waals surface area contributed by atoms with Gasteiger partial charge in [0, 0.05) is 19.3 Å². The first-order valence-electron chi connectivity index (χ1n) is 34.8. The topological polar surface area (TPSA) is 78.9 Å². The van der Waals surface area contributed by atoms with Gasteiger partial charge < -0.3 is 14.2 Å². The summed E-state index contributed by atoms with van der Waals surface area (Å²) in [5.74, 6) is -0.920. The smallest absolute Gasteiger partial charge is 0.306 e. The van der Waals surface area contributed by atoms with Crippen molar-refractivity contribution in [1.29, 1.82) is 0 Å². The minimum Gasteiger partial charge on any atom is -0.462 e. The maximum Gasteiger partial charge on any atom is 0.306 e. The molecule has 0 amide bonds. The average molecular weight is 1110 g/mol. The summed E-state index contributed by atoms with van der Waals surface area (Å²) in [7, 11) is 0. The van der Waals surface area contributed by atoms with Crippen molar-refractivity contribution in [2.24, 2.45) is 0 Å². The van der Waals surface area contributed by atoms with Gasteiger partial charge in [0.15, 0.2) is 6.10 Å². The highest BCUT2D eigenvalue weighted by Crippen LogP contribution is 2.18. The van der Waals surface area contributed by atoms with Gasteiger partial charge in [-0.05, 0) is 83.5 Å². The third-order valence-corrected chi connectivity index (χ3v) is 15.5. The molecule has 1 atom stereocenters. The highest BCUT2D eigenvalue weighted by molar-refractivity contribution is 5.71. The number of ether oxygens (including phenoxy) is 3. The Kier molecular flexibility index (Phi) is 65.1. The van der Waals surface area contributed by atoms with Crippen molar-refractivity contribution in [3.05, 3.63) is 60.8 Å². The minimum atomic E-state index is -0.795. The number of hydrogen-bond donors (Lipinski definition) is 0. The van der Waals surface area contributed by atoms with Crippen LogP contribution in [-0.4, -0.2) is 37.2 Å². The van der Waals surface area contributed by atoms with Crippen molar-refractivity contribution in [1.82, 2.24) is 0 Å². The van der Waals surface area contributed by atoms with Gasteiger partial charge in [0.1, 0.15) is 13.2 Å². The van der Waals surface area contributed by atoms with Crippen LogP contribution in [0.3, 0.4) is 0 Å². The van der Waals surface area contributed by atoms with Crippen LogP contribution < -0.4 is 0 Å². The van der Waals surface area contributed by atoms with E-state index >= 15 is 0 Å². The molecular formula is C73H132O6. The fourth-order valence-corrected chi connectivity index (χ4v) is 10.3. The second-order valence-electron chi connectivity index (χ2n) is 23.4. The molecule has 6 nitrogen and oxygen atoms in total. The molecule has 0 spiro atoms. The lowest BCUT2D eigenvalue weighted by molar-refractivity contribution is -0.167. The molecule has 0 rings (SSSR count). The largest absolute Gasteiger partial charge is 0.462 e. The standard InChI is InChI=1S/C73H132O6/c1-4-7-10-13-16-19-22-25-28-30-31-32-33-34-35-36-37-38-39-40-41-42-43-46-48-51-54-57-60-63-66-72(75)78-69-70(68-77-71(74)65-62-59-56-53-50-47-44-27-24-21-18-15-12-9-6-3)79-73(76)67-64-61-58-55-52-49-45-29-26-23-20-17-14-11-8-5-2/h9,12,18,21,27,29,44-45,50,53,70H,4-8,10-11,13-17,19-20,22-26,28,30-43,46-49,51-52,54-69H2,1-3H3/b12-9-,21-18-,44-27-,45-29-,53-50-. The van der Waals surface area contributed by atoms with E-state index in [1.165, 1.54) is 231 Å². The first kappa shape index (κ1) is 76.1. The predicted molar refractivity (Wildman–Crippen MR) is 344 cm³/mol. The number of carbonyl (C=O) groups is 3. The molecule has 1 unspecified atom stereocenters. The van der Waals surface area contributed by atoms with E-state index in [1.807, 2.05) is 0 Å². The third kappa shape index (κ3) is 65.8.